The van der Waals surface area contributed by atoms with Crippen molar-refractivity contribution in [3.05, 3.63) is 0 Å². The molecule has 5 atom stereocenters. The molecule has 1 aliphatic rings. The van der Waals surface area contributed by atoms with E-state index in [4.69, 9.17) is 23.3 Å². The van der Waals surface area contributed by atoms with Crippen LogP contribution in [0.25, 0.3) is 0 Å². The summed E-state index contributed by atoms with van der Waals surface area (Å²) in [5.41, 5.74) is 0. The average molecular weight is 344 g/mol. The van der Waals surface area contributed by atoms with E-state index in [0.29, 0.717) is 0 Å². The number of aliphatic hydroxyl groups excluding tert-OH is 3. The van der Waals surface area contributed by atoms with Gasteiger partial charge in [-0.15, -0.1) is 0 Å². The van der Waals surface area contributed by atoms with E-state index < -0.39 is 44.6 Å². The van der Waals surface area contributed by atoms with Crippen LogP contribution in [0.2, 0.25) is 0 Å². The van der Waals surface area contributed by atoms with Crippen molar-refractivity contribution in [1.82, 2.24) is 0 Å². The monoisotopic (exact) mass is 344 g/mol. The summed E-state index contributed by atoms with van der Waals surface area (Å²) >= 11 is 0. The SMILES string of the molecule is CCOP(=O)(OCC)C(CO)OC[C@H]1O[C@@H](OC)[C@H](O)[C@@H]1O. The van der Waals surface area contributed by atoms with Gasteiger partial charge in [0.15, 0.2) is 12.1 Å². The van der Waals surface area contributed by atoms with E-state index in [0.717, 1.165) is 0 Å². The minimum absolute atomic E-state index is 0.129. The Morgan fingerprint density at radius 3 is 2.18 bits per heavy atom. The van der Waals surface area contributed by atoms with E-state index in [1.54, 1.807) is 13.8 Å². The Morgan fingerprint density at radius 1 is 1.18 bits per heavy atom. The fourth-order valence-electron chi connectivity index (χ4n) is 2.06. The van der Waals surface area contributed by atoms with Crippen molar-refractivity contribution in [2.24, 2.45) is 0 Å². The van der Waals surface area contributed by atoms with E-state index in [1.807, 2.05) is 0 Å². The van der Waals surface area contributed by atoms with Crippen LogP contribution in [0.4, 0.5) is 0 Å². The second-order valence-corrected chi connectivity index (χ2v) is 6.78. The number of hydrogen-bond donors (Lipinski definition) is 3. The number of methoxy groups -OCH3 is 1. The highest BCUT2D eigenvalue weighted by molar-refractivity contribution is 7.54. The number of aliphatic hydroxyl groups is 3. The molecule has 0 aromatic rings. The maximum absolute atomic E-state index is 12.5. The van der Waals surface area contributed by atoms with Gasteiger partial charge in [0.25, 0.3) is 0 Å². The third-order valence-electron chi connectivity index (χ3n) is 3.13. The molecule has 132 valence electrons. The molecule has 9 nitrogen and oxygen atoms in total. The molecule has 0 amide bonds. The standard InChI is InChI=1S/C12H25O9P/c1-4-19-22(16,20-5-2)9(6-13)18-7-8-10(14)11(15)12(17-3)21-8/h8-15H,4-7H2,1-3H3/t8-,9?,10-,11-,12-/m1/s1. The molecule has 1 rings (SSSR count). The minimum Gasteiger partial charge on any atom is -0.393 e. The van der Waals surface area contributed by atoms with E-state index in [9.17, 15) is 19.9 Å². The van der Waals surface area contributed by atoms with E-state index in [2.05, 4.69) is 0 Å². The van der Waals surface area contributed by atoms with Crippen molar-refractivity contribution in [3.63, 3.8) is 0 Å². The number of rotatable bonds is 10. The van der Waals surface area contributed by atoms with Crippen LogP contribution in [0.1, 0.15) is 13.8 Å². The van der Waals surface area contributed by atoms with E-state index >= 15 is 0 Å². The van der Waals surface area contributed by atoms with Crippen LogP contribution in [-0.4, -0.2) is 79.3 Å². The summed E-state index contributed by atoms with van der Waals surface area (Å²) in [7, 11) is -2.31. The van der Waals surface area contributed by atoms with Gasteiger partial charge in [0, 0.05) is 7.11 Å². The molecule has 3 N–H and O–H groups in total. The molecule has 1 saturated heterocycles. The van der Waals surface area contributed by atoms with Gasteiger partial charge < -0.3 is 38.6 Å². The zero-order valence-electron chi connectivity index (χ0n) is 13.0. The second kappa shape index (κ2) is 9.27. The van der Waals surface area contributed by atoms with Crippen molar-refractivity contribution in [1.29, 1.82) is 0 Å². The van der Waals surface area contributed by atoms with Gasteiger partial charge in [-0.2, -0.15) is 0 Å². The summed E-state index contributed by atoms with van der Waals surface area (Å²) in [6.45, 7) is 2.74. The van der Waals surface area contributed by atoms with E-state index in [1.165, 1.54) is 7.11 Å². The molecular formula is C12H25O9P. The molecule has 1 aliphatic heterocycles. The van der Waals surface area contributed by atoms with Crippen LogP contribution in [-0.2, 0) is 27.8 Å². The lowest BCUT2D eigenvalue weighted by atomic mass is 10.1. The maximum atomic E-state index is 12.5. The first kappa shape index (κ1) is 20.0. The maximum Gasteiger partial charge on any atom is 0.361 e. The predicted molar refractivity (Wildman–Crippen MR) is 75.4 cm³/mol. The van der Waals surface area contributed by atoms with Gasteiger partial charge >= 0.3 is 7.60 Å². The number of hydrogen-bond acceptors (Lipinski definition) is 9. The first-order valence-electron chi connectivity index (χ1n) is 7.09. The Morgan fingerprint density at radius 2 is 1.77 bits per heavy atom. The average Bonchev–Trinajstić information content (AvgIpc) is 2.76. The summed E-state index contributed by atoms with van der Waals surface area (Å²) in [4.78, 5) is 0. The fourth-order valence-corrected chi connectivity index (χ4v) is 3.66. The molecule has 0 aromatic carbocycles. The van der Waals surface area contributed by atoms with Crippen LogP contribution in [0.3, 0.4) is 0 Å². The van der Waals surface area contributed by atoms with Gasteiger partial charge in [-0.1, -0.05) is 0 Å². The summed E-state index contributed by atoms with van der Waals surface area (Å²) in [5, 5.41) is 28.9. The molecular weight excluding hydrogens is 319 g/mol. The number of ether oxygens (including phenoxy) is 3. The molecule has 0 bridgehead atoms. The van der Waals surface area contributed by atoms with Crippen LogP contribution in [0, 0.1) is 0 Å². The Hall–Kier alpha value is -0.0900. The zero-order valence-corrected chi connectivity index (χ0v) is 13.8. The minimum atomic E-state index is -3.65. The lowest BCUT2D eigenvalue weighted by molar-refractivity contribution is -0.158. The van der Waals surface area contributed by atoms with Crippen LogP contribution < -0.4 is 0 Å². The third-order valence-corrected chi connectivity index (χ3v) is 5.38. The third kappa shape index (κ3) is 4.70. The van der Waals surface area contributed by atoms with Gasteiger partial charge in [-0.05, 0) is 13.8 Å². The highest BCUT2D eigenvalue weighted by Gasteiger charge is 2.44. The normalized spacial score (nSPS) is 30.6. The molecule has 1 heterocycles. The Kier molecular flexibility index (Phi) is 8.40. The first-order chi connectivity index (χ1) is 10.4. The van der Waals surface area contributed by atoms with Crippen LogP contribution >= 0.6 is 7.60 Å². The van der Waals surface area contributed by atoms with Crippen LogP contribution in [0.5, 0.6) is 0 Å². The smallest absolute Gasteiger partial charge is 0.361 e. The predicted octanol–water partition coefficient (Wildman–Crippen LogP) is -0.319. The van der Waals surface area contributed by atoms with Gasteiger partial charge in [0.2, 0.25) is 0 Å². The van der Waals surface area contributed by atoms with Crippen molar-refractivity contribution < 1.29 is 43.1 Å². The van der Waals surface area contributed by atoms with Crippen molar-refractivity contribution in [2.75, 3.05) is 33.5 Å². The molecule has 22 heavy (non-hydrogen) atoms. The van der Waals surface area contributed by atoms with Crippen molar-refractivity contribution in [3.8, 4) is 0 Å². The topological polar surface area (TPSA) is 124 Å². The highest BCUT2D eigenvalue weighted by Crippen LogP contribution is 2.53. The molecule has 1 unspecified atom stereocenters. The van der Waals surface area contributed by atoms with Crippen molar-refractivity contribution >= 4 is 7.60 Å². The van der Waals surface area contributed by atoms with Crippen LogP contribution in [0.15, 0.2) is 0 Å². The van der Waals surface area contributed by atoms with Gasteiger partial charge in [-0.25, -0.2) is 0 Å². The Balaban J connectivity index is 2.65. The second-order valence-electron chi connectivity index (χ2n) is 4.61. The van der Waals surface area contributed by atoms with Crippen molar-refractivity contribution in [2.45, 2.75) is 44.3 Å². The molecule has 0 radical (unpaired) electrons. The van der Waals surface area contributed by atoms with Gasteiger partial charge in [0.05, 0.1) is 26.4 Å². The summed E-state index contributed by atoms with van der Waals surface area (Å²) in [5.74, 6) is -1.21. The molecule has 1 fully saturated rings. The lowest BCUT2D eigenvalue weighted by Gasteiger charge is -2.26. The molecule has 0 aliphatic carbocycles. The molecule has 0 saturated carbocycles. The largest absolute Gasteiger partial charge is 0.393 e. The summed E-state index contributed by atoms with van der Waals surface area (Å²) in [6.07, 6.45) is -4.29. The highest BCUT2D eigenvalue weighted by atomic mass is 31.2. The lowest BCUT2D eigenvalue weighted by Crippen LogP contribution is -2.36. The molecule has 0 aromatic heterocycles. The fraction of sp³-hybridized carbons (Fsp3) is 1.00. The zero-order chi connectivity index (χ0) is 16.8. The van der Waals surface area contributed by atoms with Gasteiger partial charge in [-0.3, -0.25) is 4.57 Å². The Labute approximate surface area is 129 Å². The van der Waals surface area contributed by atoms with E-state index in [-0.39, 0.29) is 19.8 Å². The molecule has 0 spiro atoms. The summed E-state index contributed by atoms with van der Waals surface area (Å²) < 4.78 is 38.2. The first-order valence-corrected chi connectivity index (χ1v) is 8.70. The quantitative estimate of drug-likeness (QED) is 0.457. The summed E-state index contributed by atoms with van der Waals surface area (Å²) in [6, 6.07) is 0. The molecule has 10 heteroatoms. The Bertz CT molecular complexity index is 357. The van der Waals surface area contributed by atoms with Gasteiger partial charge in [0.1, 0.15) is 18.3 Å².